The van der Waals surface area contributed by atoms with Crippen molar-refractivity contribution in [1.29, 1.82) is 0 Å². The fourth-order valence-electron chi connectivity index (χ4n) is 2.69. The van der Waals surface area contributed by atoms with Crippen LogP contribution in [0.4, 0.5) is 0 Å². The van der Waals surface area contributed by atoms with E-state index in [0.717, 1.165) is 0 Å². The Hall–Kier alpha value is -0.794. The molecule has 0 aliphatic heterocycles. The normalized spacial score (nSPS) is 10.4. The standard InChI is InChI=1S/2C9H11.Mg/c2*1-7-5-4-6-8(2)9(7)3;/h2*5-6H,1-3H3;. The van der Waals surface area contributed by atoms with E-state index in [1.807, 2.05) is 0 Å². The van der Waals surface area contributed by atoms with Crippen molar-refractivity contribution in [2.75, 3.05) is 0 Å². The summed E-state index contributed by atoms with van der Waals surface area (Å²) < 4.78 is 3.12. The molecule has 96 valence electrons. The molecule has 0 unspecified atom stereocenters. The molecule has 0 saturated heterocycles. The van der Waals surface area contributed by atoms with Gasteiger partial charge in [-0.3, -0.25) is 0 Å². The van der Waals surface area contributed by atoms with Gasteiger partial charge in [0.1, 0.15) is 0 Å². The molecule has 0 spiro atoms. The van der Waals surface area contributed by atoms with Gasteiger partial charge < -0.3 is 0 Å². The van der Waals surface area contributed by atoms with E-state index in [2.05, 4.69) is 65.8 Å². The molecule has 0 aliphatic rings. The summed E-state index contributed by atoms with van der Waals surface area (Å²) in [5.74, 6) is 0. The quantitative estimate of drug-likeness (QED) is 0.729. The minimum Gasteiger partial charge on any atom is -0.164 e. The lowest BCUT2D eigenvalue weighted by atomic mass is 10.0. The topological polar surface area (TPSA) is 0 Å². The van der Waals surface area contributed by atoms with Gasteiger partial charge in [-0.05, 0) is 52.7 Å². The summed E-state index contributed by atoms with van der Waals surface area (Å²) in [5.41, 5.74) is 8.61. The van der Waals surface area contributed by atoms with E-state index in [-0.39, 0.29) is 20.4 Å². The average molecular weight is 263 g/mol. The molecule has 0 aromatic heterocycles. The van der Waals surface area contributed by atoms with Gasteiger partial charge in [0, 0.05) is 0 Å². The second-order valence-corrected chi connectivity index (χ2v) is 7.87. The molecule has 0 fully saturated rings. The molecule has 2 rings (SSSR count). The molecule has 0 bridgehead atoms. The van der Waals surface area contributed by atoms with Crippen molar-refractivity contribution in [2.24, 2.45) is 0 Å². The maximum Gasteiger partial charge on any atom is 0.450 e. The summed E-state index contributed by atoms with van der Waals surface area (Å²) in [4.78, 5) is 0. The van der Waals surface area contributed by atoms with Crippen molar-refractivity contribution in [3.63, 3.8) is 0 Å². The summed E-state index contributed by atoms with van der Waals surface area (Å²) in [5, 5.41) is 0. The van der Waals surface area contributed by atoms with Crippen LogP contribution in [0.15, 0.2) is 24.3 Å². The summed E-state index contributed by atoms with van der Waals surface area (Å²) in [6.07, 6.45) is 0. The highest BCUT2D eigenvalue weighted by atomic mass is 24.5. The number of aryl methyl sites for hydroxylation is 4. The first kappa shape index (κ1) is 14.6. The smallest absolute Gasteiger partial charge is 0.164 e. The highest BCUT2D eigenvalue weighted by molar-refractivity contribution is 6.67. The summed E-state index contributed by atoms with van der Waals surface area (Å²) in [6, 6.07) is 9.55. The third-order valence-corrected chi connectivity index (χ3v) is 6.01. The van der Waals surface area contributed by atoms with E-state index >= 15 is 0 Å². The van der Waals surface area contributed by atoms with Crippen LogP contribution in [0.1, 0.15) is 33.4 Å². The third-order valence-electron chi connectivity index (χ3n) is 4.38. The van der Waals surface area contributed by atoms with Gasteiger partial charge in [0.05, 0.1) is 0 Å². The van der Waals surface area contributed by atoms with Crippen LogP contribution < -0.4 is 7.39 Å². The van der Waals surface area contributed by atoms with E-state index < -0.39 is 0 Å². The van der Waals surface area contributed by atoms with Crippen molar-refractivity contribution in [3.05, 3.63) is 57.6 Å². The van der Waals surface area contributed by atoms with Gasteiger partial charge in [0.15, 0.2) is 0 Å². The van der Waals surface area contributed by atoms with Gasteiger partial charge in [-0.15, -0.1) is 0 Å². The molecule has 0 nitrogen and oxygen atoms in total. The number of hydrogen-bond acceptors (Lipinski definition) is 0. The van der Waals surface area contributed by atoms with Crippen LogP contribution in [0, 0.1) is 41.5 Å². The Morgan fingerprint density at radius 1 is 0.526 bits per heavy atom. The maximum atomic E-state index is 2.39. The zero-order valence-electron chi connectivity index (χ0n) is 13.0. The monoisotopic (exact) mass is 262 g/mol. The molecule has 0 aliphatic carbocycles. The van der Waals surface area contributed by atoms with E-state index in [0.29, 0.717) is 0 Å². The Balaban J connectivity index is 2.36. The molecule has 0 heterocycles. The fraction of sp³-hybridized carbons (Fsp3) is 0.333. The fourth-order valence-corrected chi connectivity index (χ4v) is 4.79. The second-order valence-electron chi connectivity index (χ2n) is 5.89. The predicted molar refractivity (Wildman–Crippen MR) is 86.3 cm³/mol. The molecule has 2 aromatic rings. The highest BCUT2D eigenvalue weighted by Gasteiger charge is 2.08. The first-order valence-electron chi connectivity index (χ1n) is 7.02. The number of hydrogen-bond donors (Lipinski definition) is 0. The summed E-state index contributed by atoms with van der Waals surface area (Å²) >= 11 is -0.352. The van der Waals surface area contributed by atoms with Crippen molar-refractivity contribution >= 4 is 27.8 Å². The van der Waals surface area contributed by atoms with Gasteiger partial charge >= 0.3 is 20.4 Å². The van der Waals surface area contributed by atoms with Crippen molar-refractivity contribution in [2.45, 2.75) is 41.5 Å². The molecule has 2 aromatic carbocycles. The van der Waals surface area contributed by atoms with Gasteiger partial charge in [-0.2, -0.15) is 7.39 Å². The largest absolute Gasteiger partial charge is 0.450 e. The maximum absolute atomic E-state index is 2.39. The van der Waals surface area contributed by atoms with E-state index in [4.69, 9.17) is 0 Å². The Morgan fingerprint density at radius 2 is 0.789 bits per heavy atom. The van der Waals surface area contributed by atoms with Crippen LogP contribution in [0.2, 0.25) is 0 Å². The first-order chi connectivity index (χ1) is 8.88. The minimum atomic E-state index is -0.352. The zero-order valence-corrected chi connectivity index (χ0v) is 14.4. The number of benzene rings is 2. The van der Waals surface area contributed by atoms with E-state index in [1.165, 1.54) is 33.4 Å². The lowest BCUT2D eigenvalue weighted by molar-refractivity contribution is 1.27. The minimum absolute atomic E-state index is 0.352. The Bertz CT molecular complexity index is 522. The molecular weight excluding hydrogens is 241 g/mol. The molecule has 0 radical (unpaired) electrons. The van der Waals surface area contributed by atoms with Crippen molar-refractivity contribution < 1.29 is 0 Å². The number of rotatable bonds is 2. The first-order valence-corrected chi connectivity index (χ1v) is 8.43. The van der Waals surface area contributed by atoms with E-state index in [9.17, 15) is 0 Å². The van der Waals surface area contributed by atoms with E-state index in [1.54, 1.807) is 7.39 Å². The van der Waals surface area contributed by atoms with Crippen molar-refractivity contribution in [3.8, 4) is 0 Å². The molecule has 19 heavy (non-hydrogen) atoms. The molecule has 0 saturated carbocycles. The van der Waals surface area contributed by atoms with Crippen LogP contribution >= 0.6 is 0 Å². The molecule has 0 atom stereocenters. The lowest BCUT2D eigenvalue weighted by Gasteiger charge is -2.11. The Labute approximate surface area is 127 Å². The van der Waals surface area contributed by atoms with Crippen LogP contribution in [0.25, 0.3) is 0 Å². The Kier molecular flexibility index (Phi) is 4.37. The Morgan fingerprint density at radius 3 is 1.05 bits per heavy atom. The molecule has 0 amide bonds. The van der Waals surface area contributed by atoms with Gasteiger partial charge in [0.2, 0.25) is 0 Å². The molecule has 1 heteroatoms. The zero-order chi connectivity index (χ0) is 14.2. The molecule has 0 N–H and O–H groups in total. The van der Waals surface area contributed by atoms with Gasteiger partial charge in [-0.1, -0.05) is 46.5 Å². The third kappa shape index (κ3) is 3.21. The van der Waals surface area contributed by atoms with Crippen LogP contribution in [0.3, 0.4) is 0 Å². The average Bonchev–Trinajstić information content (AvgIpc) is 2.33. The highest BCUT2D eigenvalue weighted by Crippen LogP contribution is 2.11. The van der Waals surface area contributed by atoms with Crippen LogP contribution in [0.5, 0.6) is 0 Å². The summed E-state index contributed by atoms with van der Waals surface area (Å²) in [7, 11) is 0. The van der Waals surface area contributed by atoms with Gasteiger partial charge in [-0.25, -0.2) is 0 Å². The molecular formula is C18H22Mg. The summed E-state index contributed by atoms with van der Waals surface area (Å²) in [6.45, 7) is 13.3. The van der Waals surface area contributed by atoms with Crippen LogP contribution in [-0.4, -0.2) is 20.4 Å². The van der Waals surface area contributed by atoms with Gasteiger partial charge in [0.25, 0.3) is 0 Å². The lowest BCUT2D eigenvalue weighted by Crippen LogP contribution is -2.28. The van der Waals surface area contributed by atoms with Crippen molar-refractivity contribution in [1.82, 2.24) is 0 Å². The SMILES string of the molecule is Cc1c[c]([Mg][c]2cc(C)c(C)c(C)c2)cc(C)c1C. The van der Waals surface area contributed by atoms with Crippen LogP contribution in [-0.2, 0) is 0 Å². The second kappa shape index (κ2) is 5.68. The predicted octanol–water partition coefficient (Wildman–Crippen LogP) is 3.19.